The van der Waals surface area contributed by atoms with Gasteiger partial charge < -0.3 is 19.7 Å². The van der Waals surface area contributed by atoms with Crippen LogP contribution < -0.4 is 15.0 Å². The van der Waals surface area contributed by atoms with Crippen LogP contribution in [0.4, 0.5) is 30.4 Å². The van der Waals surface area contributed by atoms with E-state index in [9.17, 15) is 8.78 Å². The predicted molar refractivity (Wildman–Crippen MR) is 119 cm³/mol. The average molecular weight is 454 g/mol. The minimum absolute atomic E-state index is 0.121. The minimum Gasteiger partial charge on any atom is -0.433 e. The molecular formula is C24H21F3N4O2. The lowest BCUT2D eigenvalue weighted by Gasteiger charge is -2.28. The van der Waals surface area contributed by atoms with E-state index in [4.69, 9.17) is 9.47 Å². The van der Waals surface area contributed by atoms with Crippen LogP contribution in [0.3, 0.4) is 0 Å². The third-order valence-corrected chi connectivity index (χ3v) is 5.64. The SMILES string of the molecule is CC1=Cc2c(F)c(Oc3ncnc(Nc4ccc(N5CCOCC5)cc4)c3F)cc(F)c2C1. The van der Waals surface area contributed by atoms with Gasteiger partial charge in [-0.1, -0.05) is 11.6 Å². The van der Waals surface area contributed by atoms with Crippen LogP contribution in [0.15, 0.2) is 42.2 Å². The first-order valence-electron chi connectivity index (χ1n) is 10.6. The van der Waals surface area contributed by atoms with Gasteiger partial charge in [-0.3, -0.25) is 0 Å². The van der Waals surface area contributed by atoms with Crippen LogP contribution in [0.1, 0.15) is 18.1 Å². The number of rotatable bonds is 5. The summed E-state index contributed by atoms with van der Waals surface area (Å²) in [6, 6.07) is 8.36. The fourth-order valence-corrected chi connectivity index (χ4v) is 3.97. The second-order valence-electron chi connectivity index (χ2n) is 7.94. The van der Waals surface area contributed by atoms with Crippen LogP contribution in [0, 0.1) is 17.5 Å². The van der Waals surface area contributed by atoms with Gasteiger partial charge in [0, 0.05) is 41.7 Å². The summed E-state index contributed by atoms with van der Waals surface area (Å²) in [5.41, 5.74) is 2.86. The Balaban J connectivity index is 1.36. The summed E-state index contributed by atoms with van der Waals surface area (Å²) < 4.78 is 55.0. The predicted octanol–water partition coefficient (Wildman–Crippen LogP) is 5.23. The van der Waals surface area contributed by atoms with Gasteiger partial charge in [0.2, 0.25) is 5.82 Å². The van der Waals surface area contributed by atoms with E-state index in [0.29, 0.717) is 25.3 Å². The molecular weight excluding hydrogens is 433 g/mol. The van der Waals surface area contributed by atoms with Crippen molar-refractivity contribution in [3.05, 3.63) is 70.8 Å². The molecule has 6 nitrogen and oxygen atoms in total. The van der Waals surface area contributed by atoms with Crippen molar-refractivity contribution in [2.45, 2.75) is 13.3 Å². The maximum absolute atomic E-state index is 15.0. The van der Waals surface area contributed by atoms with E-state index in [-0.39, 0.29) is 16.9 Å². The van der Waals surface area contributed by atoms with E-state index in [2.05, 4.69) is 20.2 Å². The Bertz CT molecular complexity index is 1230. The summed E-state index contributed by atoms with van der Waals surface area (Å²) in [5.74, 6) is -3.36. The van der Waals surface area contributed by atoms with Crippen molar-refractivity contribution in [1.29, 1.82) is 0 Å². The van der Waals surface area contributed by atoms with E-state index < -0.39 is 29.1 Å². The highest BCUT2D eigenvalue weighted by Gasteiger charge is 2.24. The molecule has 1 aromatic heterocycles. The molecule has 2 aliphatic rings. The zero-order valence-corrected chi connectivity index (χ0v) is 17.9. The highest BCUT2D eigenvalue weighted by Crippen LogP contribution is 2.37. The van der Waals surface area contributed by atoms with E-state index >= 15 is 4.39 Å². The molecule has 3 aromatic rings. The van der Waals surface area contributed by atoms with Crippen molar-refractivity contribution in [2.75, 3.05) is 36.5 Å². The number of allylic oxidation sites excluding steroid dienone is 1. The summed E-state index contributed by atoms with van der Waals surface area (Å²) in [4.78, 5) is 9.87. The van der Waals surface area contributed by atoms with Crippen LogP contribution in [0.25, 0.3) is 6.08 Å². The van der Waals surface area contributed by atoms with Gasteiger partial charge in [0.15, 0.2) is 17.4 Å². The third-order valence-electron chi connectivity index (χ3n) is 5.64. The van der Waals surface area contributed by atoms with Crippen molar-refractivity contribution in [2.24, 2.45) is 0 Å². The highest BCUT2D eigenvalue weighted by atomic mass is 19.1. The number of anilines is 3. The first-order chi connectivity index (χ1) is 16.0. The lowest BCUT2D eigenvalue weighted by atomic mass is 10.1. The first kappa shape index (κ1) is 21.3. The number of fused-ring (bicyclic) bond motifs is 1. The Kier molecular flexibility index (Phi) is 5.63. The van der Waals surface area contributed by atoms with Gasteiger partial charge in [-0.25, -0.2) is 13.8 Å². The Hall–Kier alpha value is -3.59. The lowest BCUT2D eigenvalue weighted by Crippen LogP contribution is -2.36. The Morgan fingerprint density at radius 3 is 2.55 bits per heavy atom. The van der Waals surface area contributed by atoms with Crippen LogP contribution in [-0.4, -0.2) is 36.3 Å². The molecule has 0 saturated carbocycles. The van der Waals surface area contributed by atoms with Gasteiger partial charge in [-0.15, -0.1) is 0 Å². The standard InChI is InChI=1S/C24H21F3N4O2/c1-14-10-17-18(11-14)21(26)20(12-19(17)25)33-24-22(27)23(28-13-29-24)30-15-2-4-16(5-3-15)31-6-8-32-9-7-31/h2-5,11-13H,6-10H2,1H3,(H,28,29,30). The Morgan fingerprint density at radius 2 is 1.79 bits per heavy atom. The highest BCUT2D eigenvalue weighted by molar-refractivity contribution is 5.66. The largest absolute Gasteiger partial charge is 0.433 e. The fourth-order valence-electron chi connectivity index (χ4n) is 3.97. The Morgan fingerprint density at radius 1 is 1.03 bits per heavy atom. The molecule has 9 heteroatoms. The molecule has 0 radical (unpaired) electrons. The number of benzene rings is 2. The van der Waals surface area contributed by atoms with Gasteiger partial charge in [0.25, 0.3) is 5.88 Å². The summed E-state index contributed by atoms with van der Waals surface area (Å²) in [7, 11) is 0. The van der Waals surface area contributed by atoms with Gasteiger partial charge in [0.05, 0.1) is 13.2 Å². The van der Waals surface area contributed by atoms with Gasteiger partial charge in [-0.05, 0) is 37.6 Å². The molecule has 1 N–H and O–H groups in total. The van der Waals surface area contributed by atoms with Crippen molar-refractivity contribution >= 4 is 23.3 Å². The molecule has 0 bridgehead atoms. The first-order valence-corrected chi connectivity index (χ1v) is 10.6. The zero-order valence-electron chi connectivity index (χ0n) is 17.9. The molecule has 0 atom stereocenters. The second-order valence-corrected chi connectivity index (χ2v) is 7.94. The van der Waals surface area contributed by atoms with Gasteiger partial charge >= 0.3 is 0 Å². The summed E-state index contributed by atoms with van der Waals surface area (Å²) in [6.45, 7) is 4.76. The number of aromatic nitrogens is 2. The van der Waals surface area contributed by atoms with Gasteiger partial charge in [0.1, 0.15) is 12.1 Å². The van der Waals surface area contributed by atoms with E-state index in [0.717, 1.165) is 36.7 Å². The summed E-state index contributed by atoms with van der Waals surface area (Å²) in [5, 5.41) is 2.88. The number of nitrogens with zero attached hydrogens (tertiary/aromatic N) is 3. The van der Waals surface area contributed by atoms with E-state index in [1.807, 2.05) is 12.1 Å². The van der Waals surface area contributed by atoms with E-state index in [1.54, 1.807) is 25.1 Å². The molecule has 1 aliphatic carbocycles. The third kappa shape index (κ3) is 4.23. The molecule has 5 rings (SSSR count). The smallest absolute Gasteiger partial charge is 0.261 e. The van der Waals surface area contributed by atoms with Crippen LogP contribution in [-0.2, 0) is 11.2 Å². The van der Waals surface area contributed by atoms with Crippen LogP contribution in [0.5, 0.6) is 11.6 Å². The zero-order chi connectivity index (χ0) is 22.9. The molecule has 1 saturated heterocycles. The van der Waals surface area contributed by atoms with Crippen molar-refractivity contribution in [1.82, 2.24) is 9.97 Å². The molecule has 1 aliphatic heterocycles. The number of morpholine rings is 1. The Labute approximate surface area is 188 Å². The quantitative estimate of drug-likeness (QED) is 0.570. The van der Waals surface area contributed by atoms with Crippen molar-refractivity contribution < 1.29 is 22.6 Å². The molecule has 1 fully saturated rings. The molecule has 0 amide bonds. The van der Waals surface area contributed by atoms with Crippen LogP contribution >= 0.6 is 0 Å². The average Bonchev–Trinajstić information content (AvgIpc) is 3.23. The summed E-state index contributed by atoms with van der Waals surface area (Å²) >= 11 is 0. The molecule has 0 unspecified atom stereocenters. The second kappa shape index (κ2) is 8.74. The summed E-state index contributed by atoms with van der Waals surface area (Å²) in [6.07, 6.45) is 2.98. The van der Waals surface area contributed by atoms with E-state index in [1.165, 1.54) is 0 Å². The molecule has 0 spiro atoms. The van der Waals surface area contributed by atoms with Crippen molar-refractivity contribution in [3.63, 3.8) is 0 Å². The fraction of sp³-hybridized carbons (Fsp3) is 0.250. The normalized spacial score (nSPS) is 15.3. The van der Waals surface area contributed by atoms with Crippen LogP contribution in [0.2, 0.25) is 0 Å². The monoisotopic (exact) mass is 454 g/mol. The number of nitrogens with one attached hydrogen (secondary N) is 1. The molecule has 2 aromatic carbocycles. The van der Waals surface area contributed by atoms with Crippen molar-refractivity contribution in [3.8, 4) is 11.6 Å². The molecule has 2 heterocycles. The number of ether oxygens (including phenoxy) is 2. The topological polar surface area (TPSA) is 59.5 Å². The molecule has 33 heavy (non-hydrogen) atoms. The number of hydrogen-bond donors (Lipinski definition) is 1. The van der Waals surface area contributed by atoms with Gasteiger partial charge in [-0.2, -0.15) is 9.37 Å². The number of halogens is 3. The maximum atomic E-state index is 15.0. The maximum Gasteiger partial charge on any atom is 0.261 e. The lowest BCUT2D eigenvalue weighted by molar-refractivity contribution is 0.122. The molecule has 170 valence electrons. The number of hydrogen-bond acceptors (Lipinski definition) is 6. The minimum atomic E-state index is -0.915.